The highest BCUT2D eigenvalue weighted by Crippen LogP contribution is 2.20. The Hall–Kier alpha value is -3.18. The predicted octanol–water partition coefficient (Wildman–Crippen LogP) is 6.83. The van der Waals surface area contributed by atoms with Crippen LogP contribution in [0.5, 0.6) is 5.75 Å². The molecule has 5 heteroatoms. The van der Waals surface area contributed by atoms with Gasteiger partial charge in [-0.05, 0) is 54.0 Å². The van der Waals surface area contributed by atoms with Crippen LogP contribution in [0.15, 0.2) is 78.9 Å². The number of hydrogen-bond donors (Lipinski definition) is 2. The zero-order chi connectivity index (χ0) is 22.6. The number of ether oxygens (including phenoxy) is 1. The molecule has 0 radical (unpaired) electrons. The van der Waals surface area contributed by atoms with Crippen molar-refractivity contribution in [3.8, 4) is 16.9 Å². The van der Waals surface area contributed by atoms with Gasteiger partial charge in [-0.3, -0.25) is 10.1 Å². The minimum atomic E-state index is -0.249. The lowest BCUT2D eigenvalue weighted by molar-refractivity contribution is 0.0978. The van der Waals surface area contributed by atoms with E-state index < -0.39 is 0 Å². The van der Waals surface area contributed by atoms with E-state index in [1.165, 1.54) is 25.7 Å². The third-order valence-electron chi connectivity index (χ3n) is 5.09. The first-order valence-corrected chi connectivity index (χ1v) is 11.6. The van der Waals surface area contributed by atoms with Crippen LogP contribution in [0.3, 0.4) is 0 Å². The highest BCUT2D eigenvalue weighted by atomic mass is 32.1. The third kappa shape index (κ3) is 7.50. The highest BCUT2D eigenvalue weighted by molar-refractivity contribution is 7.80. The van der Waals surface area contributed by atoms with Crippen molar-refractivity contribution in [1.29, 1.82) is 0 Å². The summed E-state index contributed by atoms with van der Waals surface area (Å²) in [4.78, 5) is 12.5. The molecule has 0 aliphatic rings. The average molecular weight is 447 g/mol. The van der Waals surface area contributed by atoms with Crippen molar-refractivity contribution in [2.75, 3.05) is 11.9 Å². The molecular formula is C27H30N2O2S. The summed E-state index contributed by atoms with van der Waals surface area (Å²) in [5.74, 6) is 0.540. The monoisotopic (exact) mass is 446 g/mol. The number of amides is 1. The summed E-state index contributed by atoms with van der Waals surface area (Å²) in [6.07, 6.45) is 6.01. The first-order chi connectivity index (χ1) is 15.7. The molecule has 0 bridgehead atoms. The van der Waals surface area contributed by atoms with Gasteiger partial charge >= 0.3 is 0 Å². The van der Waals surface area contributed by atoms with Crippen molar-refractivity contribution in [3.63, 3.8) is 0 Å². The molecule has 0 aliphatic heterocycles. The van der Waals surface area contributed by atoms with Crippen LogP contribution < -0.4 is 15.4 Å². The van der Waals surface area contributed by atoms with Gasteiger partial charge in [0, 0.05) is 17.3 Å². The predicted molar refractivity (Wildman–Crippen MR) is 136 cm³/mol. The van der Waals surface area contributed by atoms with Crippen molar-refractivity contribution < 1.29 is 9.53 Å². The Morgan fingerprint density at radius 3 is 2.31 bits per heavy atom. The average Bonchev–Trinajstić information content (AvgIpc) is 2.82. The summed E-state index contributed by atoms with van der Waals surface area (Å²) in [5.41, 5.74) is 3.50. The van der Waals surface area contributed by atoms with E-state index in [0.29, 0.717) is 12.2 Å². The SMILES string of the molecule is CCCCCCCOc1cccc(NC(=S)NC(=O)c2ccc(-c3ccccc3)cc2)c1. The molecule has 0 heterocycles. The van der Waals surface area contributed by atoms with Crippen LogP contribution in [0, 0.1) is 0 Å². The molecule has 2 N–H and O–H groups in total. The van der Waals surface area contributed by atoms with E-state index in [0.717, 1.165) is 29.0 Å². The first kappa shape index (κ1) is 23.5. The van der Waals surface area contributed by atoms with Gasteiger partial charge in [0.05, 0.1) is 6.61 Å². The van der Waals surface area contributed by atoms with Gasteiger partial charge in [0.15, 0.2) is 5.11 Å². The second kappa shape index (κ2) is 12.6. The zero-order valence-electron chi connectivity index (χ0n) is 18.5. The van der Waals surface area contributed by atoms with Crippen molar-refractivity contribution in [2.45, 2.75) is 39.0 Å². The molecule has 0 aliphatic carbocycles. The smallest absolute Gasteiger partial charge is 0.257 e. The molecule has 4 nitrogen and oxygen atoms in total. The molecular weight excluding hydrogens is 416 g/mol. The van der Waals surface area contributed by atoms with Crippen LogP contribution in [0.2, 0.25) is 0 Å². The fourth-order valence-electron chi connectivity index (χ4n) is 3.34. The standard InChI is InChI=1S/C27H30N2O2S/c1-2-3-4-5-9-19-31-25-14-10-13-24(20-25)28-27(32)29-26(30)23-17-15-22(16-18-23)21-11-7-6-8-12-21/h6-8,10-18,20H,2-5,9,19H2,1H3,(H2,28,29,30,32). The minimum Gasteiger partial charge on any atom is -0.494 e. The van der Waals surface area contributed by atoms with Crippen LogP contribution >= 0.6 is 12.2 Å². The Balaban J connectivity index is 1.48. The van der Waals surface area contributed by atoms with Crippen LogP contribution in [-0.2, 0) is 0 Å². The van der Waals surface area contributed by atoms with Gasteiger partial charge in [0.25, 0.3) is 5.91 Å². The van der Waals surface area contributed by atoms with Gasteiger partial charge in [-0.25, -0.2) is 0 Å². The van der Waals surface area contributed by atoms with E-state index in [4.69, 9.17) is 17.0 Å². The summed E-state index contributed by atoms with van der Waals surface area (Å²) < 4.78 is 5.84. The number of carbonyl (C=O) groups is 1. The highest BCUT2D eigenvalue weighted by Gasteiger charge is 2.09. The summed E-state index contributed by atoms with van der Waals surface area (Å²) >= 11 is 5.32. The molecule has 32 heavy (non-hydrogen) atoms. The fraction of sp³-hybridized carbons (Fsp3) is 0.259. The molecule has 3 aromatic rings. The number of thiocarbonyl (C=S) groups is 1. The van der Waals surface area contributed by atoms with Crippen LogP contribution in [-0.4, -0.2) is 17.6 Å². The van der Waals surface area contributed by atoms with Crippen LogP contribution in [0.25, 0.3) is 11.1 Å². The van der Waals surface area contributed by atoms with Gasteiger partial charge in [0.1, 0.15) is 5.75 Å². The summed E-state index contributed by atoms with van der Waals surface area (Å²) in [7, 11) is 0. The van der Waals surface area contributed by atoms with E-state index in [1.807, 2.05) is 66.7 Å². The Kier molecular flexibility index (Phi) is 9.26. The second-order valence-corrected chi connectivity index (χ2v) is 8.05. The molecule has 3 aromatic carbocycles. The summed E-state index contributed by atoms with van der Waals surface area (Å²) in [6, 6.07) is 25.1. The first-order valence-electron chi connectivity index (χ1n) is 11.2. The number of rotatable bonds is 10. The molecule has 0 atom stereocenters. The van der Waals surface area contributed by atoms with E-state index in [-0.39, 0.29) is 11.0 Å². The normalized spacial score (nSPS) is 10.4. The number of benzene rings is 3. The number of anilines is 1. The number of unbranched alkanes of at least 4 members (excludes halogenated alkanes) is 4. The van der Waals surface area contributed by atoms with Gasteiger partial charge in [-0.15, -0.1) is 0 Å². The van der Waals surface area contributed by atoms with Gasteiger partial charge in [-0.1, -0.05) is 81.1 Å². The molecule has 0 fully saturated rings. The van der Waals surface area contributed by atoms with Crippen LogP contribution in [0.4, 0.5) is 5.69 Å². The Bertz CT molecular complexity index is 1000. The van der Waals surface area contributed by atoms with Crippen LogP contribution in [0.1, 0.15) is 49.4 Å². The lowest BCUT2D eigenvalue weighted by Crippen LogP contribution is -2.34. The zero-order valence-corrected chi connectivity index (χ0v) is 19.3. The maximum Gasteiger partial charge on any atom is 0.257 e. The van der Waals surface area contributed by atoms with E-state index in [1.54, 1.807) is 12.1 Å². The second-order valence-electron chi connectivity index (χ2n) is 7.64. The lowest BCUT2D eigenvalue weighted by atomic mass is 10.0. The number of nitrogens with one attached hydrogen (secondary N) is 2. The molecule has 0 saturated carbocycles. The summed E-state index contributed by atoms with van der Waals surface area (Å²) in [5, 5.41) is 6.04. The lowest BCUT2D eigenvalue weighted by Gasteiger charge is -2.12. The van der Waals surface area contributed by atoms with Gasteiger partial charge in [0.2, 0.25) is 0 Å². The van der Waals surface area contributed by atoms with E-state index in [9.17, 15) is 4.79 Å². The quantitative estimate of drug-likeness (QED) is 0.265. The topological polar surface area (TPSA) is 50.4 Å². The Labute approximate surface area is 196 Å². The fourth-order valence-corrected chi connectivity index (χ4v) is 3.55. The third-order valence-corrected chi connectivity index (χ3v) is 5.29. The Morgan fingerprint density at radius 2 is 1.56 bits per heavy atom. The van der Waals surface area contributed by atoms with Crippen molar-refractivity contribution in [2.24, 2.45) is 0 Å². The molecule has 0 spiro atoms. The number of carbonyl (C=O) groups excluding carboxylic acids is 1. The summed E-state index contributed by atoms with van der Waals surface area (Å²) in [6.45, 7) is 2.91. The molecule has 3 rings (SSSR count). The van der Waals surface area contributed by atoms with Crippen molar-refractivity contribution in [1.82, 2.24) is 5.32 Å². The molecule has 166 valence electrons. The minimum absolute atomic E-state index is 0.249. The number of hydrogen-bond acceptors (Lipinski definition) is 3. The van der Waals surface area contributed by atoms with E-state index in [2.05, 4.69) is 17.6 Å². The van der Waals surface area contributed by atoms with Crippen molar-refractivity contribution >= 4 is 28.9 Å². The largest absolute Gasteiger partial charge is 0.494 e. The molecule has 0 saturated heterocycles. The van der Waals surface area contributed by atoms with Gasteiger partial charge < -0.3 is 10.1 Å². The Morgan fingerprint density at radius 1 is 0.844 bits per heavy atom. The molecule has 0 unspecified atom stereocenters. The maximum absolute atomic E-state index is 12.5. The van der Waals surface area contributed by atoms with Gasteiger partial charge in [-0.2, -0.15) is 0 Å². The van der Waals surface area contributed by atoms with Crippen molar-refractivity contribution in [3.05, 3.63) is 84.4 Å². The maximum atomic E-state index is 12.5. The van der Waals surface area contributed by atoms with E-state index >= 15 is 0 Å². The molecule has 1 amide bonds. The molecule has 0 aromatic heterocycles.